The van der Waals surface area contributed by atoms with Gasteiger partial charge in [-0.05, 0) is 31.0 Å². The first-order valence-corrected chi connectivity index (χ1v) is 7.28. The maximum absolute atomic E-state index is 12.4. The van der Waals surface area contributed by atoms with Crippen LogP contribution in [0.4, 0.5) is 0 Å². The van der Waals surface area contributed by atoms with Gasteiger partial charge in [0, 0.05) is 25.8 Å². The summed E-state index contributed by atoms with van der Waals surface area (Å²) in [5, 5.41) is 0. The lowest BCUT2D eigenvalue weighted by Crippen LogP contribution is -2.41. The number of hydrogen-bond donors (Lipinski definition) is 0. The highest BCUT2D eigenvalue weighted by molar-refractivity contribution is 5.94. The molecule has 1 amide bonds. The van der Waals surface area contributed by atoms with Crippen molar-refractivity contribution in [3.63, 3.8) is 0 Å². The van der Waals surface area contributed by atoms with Crippen LogP contribution in [0.2, 0.25) is 0 Å². The Morgan fingerprint density at radius 3 is 2.67 bits per heavy atom. The van der Waals surface area contributed by atoms with Crippen LogP contribution in [0.25, 0.3) is 0 Å². The molecular formula is C16H23NO4. The van der Waals surface area contributed by atoms with Crippen LogP contribution in [0.1, 0.15) is 23.2 Å². The number of methoxy groups -OCH3 is 2. The molecule has 1 heterocycles. The molecule has 0 saturated carbocycles. The summed E-state index contributed by atoms with van der Waals surface area (Å²) in [7, 11) is 3.27. The van der Waals surface area contributed by atoms with Gasteiger partial charge in [-0.15, -0.1) is 0 Å². The molecule has 0 aliphatic carbocycles. The fourth-order valence-corrected chi connectivity index (χ4v) is 2.46. The standard InChI is InChI=1S/C16H23NO4/c1-19-10-11-21-14-6-8-17(9-7-14)16(18)13-4-3-5-15(12-13)20-2/h3-5,12,14H,6-11H2,1-2H3. The van der Waals surface area contributed by atoms with Crippen molar-refractivity contribution in [2.24, 2.45) is 0 Å². The minimum atomic E-state index is 0.0595. The van der Waals surface area contributed by atoms with Gasteiger partial charge in [0.25, 0.3) is 5.91 Å². The van der Waals surface area contributed by atoms with Gasteiger partial charge in [-0.25, -0.2) is 0 Å². The summed E-state index contributed by atoms with van der Waals surface area (Å²) in [6.45, 7) is 2.69. The number of carbonyl (C=O) groups excluding carboxylic acids is 1. The van der Waals surface area contributed by atoms with Crippen molar-refractivity contribution in [1.82, 2.24) is 4.90 Å². The molecule has 0 N–H and O–H groups in total. The van der Waals surface area contributed by atoms with E-state index in [2.05, 4.69) is 0 Å². The number of rotatable bonds is 6. The molecule has 2 rings (SSSR count). The number of nitrogens with zero attached hydrogens (tertiary/aromatic N) is 1. The molecule has 5 nitrogen and oxygen atoms in total. The second-order valence-corrected chi connectivity index (χ2v) is 5.09. The summed E-state index contributed by atoms with van der Waals surface area (Å²) >= 11 is 0. The van der Waals surface area contributed by atoms with Crippen molar-refractivity contribution in [2.45, 2.75) is 18.9 Å². The molecule has 0 bridgehead atoms. The van der Waals surface area contributed by atoms with Gasteiger partial charge < -0.3 is 19.1 Å². The van der Waals surface area contributed by atoms with E-state index in [1.807, 2.05) is 23.1 Å². The van der Waals surface area contributed by atoms with Crippen molar-refractivity contribution < 1.29 is 19.0 Å². The second-order valence-electron chi connectivity index (χ2n) is 5.09. The highest BCUT2D eigenvalue weighted by Gasteiger charge is 2.24. The number of ether oxygens (including phenoxy) is 3. The number of amides is 1. The van der Waals surface area contributed by atoms with Gasteiger partial charge in [0.1, 0.15) is 5.75 Å². The van der Waals surface area contributed by atoms with Crippen LogP contribution in [0.15, 0.2) is 24.3 Å². The van der Waals surface area contributed by atoms with Gasteiger partial charge in [0.2, 0.25) is 0 Å². The summed E-state index contributed by atoms with van der Waals surface area (Å²) in [5.74, 6) is 0.767. The zero-order valence-corrected chi connectivity index (χ0v) is 12.7. The zero-order chi connectivity index (χ0) is 15.1. The quantitative estimate of drug-likeness (QED) is 0.752. The van der Waals surface area contributed by atoms with E-state index in [0.29, 0.717) is 24.5 Å². The van der Waals surface area contributed by atoms with Gasteiger partial charge in [-0.3, -0.25) is 4.79 Å². The first-order valence-electron chi connectivity index (χ1n) is 7.28. The van der Waals surface area contributed by atoms with E-state index in [0.717, 1.165) is 25.9 Å². The van der Waals surface area contributed by atoms with E-state index < -0.39 is 0 Å². The fraction of sp³-hybridized carbons (Fsp3) is 0.562. The van der Waals surface area contributed by atoms with E-state index in [-0.39, 0.29) is 12.0 Å². The Labute approximate surface area is 125 Å². The lowest BCUT2D eigenvalue weighted by Gasteiger charge is -2.32. The Bertz CT molecular complexity index is 455. The molecule has 1 aromatic carbocycles. The topological polar surface area (TPSA) is 48.0 Å². The average Bonchev–Trinajstić information content (AvgIpc) is 2.55. The van der Waals surface area contributed by atoms with Gasteiger partial charge >= 0.3 is 0 Å². The van der Waals surface area contributed by atoms with E-state index in [1.54, 1.807) is 20.3 Å². The molecule has 5 heteroatoms. The van der Waals surface area contributed by atoms with Gasteiger partial charge in [-0.2, -0.15) is 0 Å². The van der Waals surface area contributed by atoms with Crippen LogP contribution < -0.4 is 4.74 Å². The predicted octanol–water partition coefficient (Wildman–Crippen LogP) is 1.96. The minimum absolute atomic E-state index is 0.0595. The van der Waals surface area contributed by atoms with Crippen LogP contribution in [0.5, 0.6) is 5.75 Å². The molecule has 21 heavy (non-hydrogen) atoms. The predicted molar refractivity (Wildman–Crippen MR) is 79.7 cm³/mol. The Morgan fingerprint density at radius 2 is 2.00 bits per heavy atom. The lowest BCUT2D eigenvalue weighted by atomic mass is 10.1. The third-order valence-electron chi connectivity index (χ3n) is 3.69. The number of piperidine rings is 1. The highest BCUT2D eigenvalue weighted by atomic mass is 16.5. The largest absolute Gasteiger partial charge is 0.497 e. The van der Waals surface area contributed by atoms with Crippen molar-refractivity contribution in [2.75, 3.05) is 40.5 Å². The summed E-state index contributed by atoms with van der Waals surface area (Å²) < 4.78 is 15.8. The monoisotopic (exact) mass is 293 g/mol. The minimum Gasteiger partial charge on any atom is -0.497 e. The molecular weight excluding hydrogens is 270 g/mol. The van der Waals surface area contributed by atoms with Crippen molar-refractivity contribution in [3.8, 4) is 5.75 Å². The van der Waals surface area contributed by atoms with Crippen LogP contribution in [0.3, 0.4) is 0 Å². The maximum Gasteiger partial charge on any atom is 0.253 e. The summed E-state index contributed by atoms with van der Waals surface area (Å²) in [4.78, 5) is 14.3. The fourth-order valence-electron chi connectivity index (χ4n) is 2.46. The SMILES string of the molecule is COCCOC1CCN(C(=O)c2cccc(OC)c2)CC1. The third kappa shape index (κ3) is 4.44. The van der Waals surface area contributed by atoms with Gasteiger partial charge in [-0.1, -0.05) is 6.07 Å². The molecule has 1 saturated heterocycles. The van der Waals surface area contributed by atoms with E-state index in [1.165, 1.54) is 0 Å². The molecule has 1 fully saturated rings. The van der Waals surface area contributed by atoms with Crippen molar-refractivity contribution in [3.05, 3.63) is 29.8 Å². The first kappa shape index (κ1) is 15.8. The van der Waals surface area contributed by atoms with Crippen LogP contribution in [-0.4, -0.2) is 57.4 Å². The van der Waals surface area contributed by atoms with Crippen molar-refractivity contribution in [1.29, 1.82) is 0 Å². The molecule has 1 aromatic rings. The lowest BCUT2D eigenvalue weighted by molar-refractivity contribution is -0.0122. The number of carbonyl (C=O) groups is 1. The first-order chi connectivity index (χ1) is 10.2. The molecule has 0 unspecified atom stereocenters. The van der Waals surface area contributed by atoms with E-state index in [4.69, 9.17) is 14.2 Å². The van der Waals surface area contributed by atoms with Crippen LogP contribution in [-0.2, 0) is 9.47 Å². The van der Waals surface area contributed by atoms with Crippen molar-refractivity contribution >= 4 is 5.91 Å². The van der Waals surface area contributed by atoms with E-state index >= 15 is 0 Å². The molecule has 1 aliphatic heterocycles. The van der Waals surface area contributed by atoms with Gasteiger partial charge in [0.15, 0.2) is 0 Å². The number of hydrogen-bond acceptors (Lipinski definition) is 4. The van der Waals surface area contributed by atoms with Crippen LogP contribution >= 0.6 is 0 Å². The summed E-state index contributed by atoms with van der Waals surface area (Å²) in [5.41, 5.74) is 0.674. The third-order valence-corrected chi connectivity index (χ3v) is 3.69. The molecule has 116 valence electrons. The Hall–Kier alpha value is -1.59. The Morgan fingerprint density at radius 1 is 1.24 bits per heavy atom. The molecule has 1 aliphatic rings. The van der Waals surface area contributed by atoms with Gasteiger partial charge in [0.05, 0.1) is 26.4 Å². The maximum atomic E-state index is 12.4. The van der Waals surface area contributed by atoms with E-state index in [9.17, 15) is 4.79 Å². The number of likely N-dealkylation sites (tertiary alicyclic amines) is 1. The summed E-state index contributed by atoms with van der Waals surface area (Å²) in [6.07, 6.45) is 1.98. The normalized spacial score (nSPS) is 16.0. The second kappa shape index (κ2) is 8.00. The Kier molecular flexibility index (Phi) is 6.02. The Balaban J connectivity index is 1.85. The van der Waals surface area contributed by atoms with Crippen LogP contribution in [0, 0.1) is 0 Å². The molecule has 0 atom stereocenters. The highest BCUT2D eigenvalue weighted by Crippen LogP contribution is 2.19. The number of benzene rings is 1. The smallest absolute Gasteiger partial charge is 0.253 e. The molecule has 0 spiro atoms. The average molecular weight is 293 g/mol. The molecule has 0 radical (unpaired) electrons. The summed E-state index contributed by atoms with van der Waals surface area (Å²) in [6, 6.07) is 7.29. The zero-order valence-electron chi connectivity index (χ0n) is 12.7. The molecule has 0 aromatic heterocycles.